The number of nitrogens with one attached hydrogen (secondary N) is 1. The minimum atomic E-state index is -0.611. The van der Waals surface area contributed by atoms with Gasteiger partial charge in [0.25, 0.3) is 0 Å². The lowest BCUT2D eigenvalue weighted by Crippen LogP contribution is -2.33. The molecule has 1 unspecified atom stereocenters. The fourth-order valence-electron chi connectivity index (χ4n) is 1.87. The molecule has 0 fully saturated rings. The van der Waals surface area contributed by atoms with Gasteiger partial charge in [0.05, 0.1) is 5.02 Å². The first-order valence-corrected chi connectivity index (χ1v) is 7.23. The van der Waals surface area contributed by atoms with Crippen LogP contribution in [0, 0.1) is 0 Å². The van der Waals surface area contributed by atoms with E-state index < -0.39 is 6.10 Å². The molecule has 0 aliphatic carbocycles. The molecule has 2 N–H and O–H groups in total. The van der Waals surface area contributed by atoms with E-state index in [1.54, 1.807) is 18.3 Å². The highest BCUT2D eigenvalue weighted by atomic mass is 35.5. The maximum Gasteiger partial charge on any atom is 0.138 e. The number of para-hydroxylation sites is 1. The van der Waals surface area contributed by atoms with Crippen LogP contribution in [0.3, 0.4) is 0 Å². The zero-order valence-electron chi connectivity index (χ0n) is 11.9. The lowest BCUT2D eigenvalue weighted by molar-refractivity contribution is 0.104. The van der Waals surface area contributed by atoms with Gasteiger partial charge in [-0.2, -0.15) is 0 Å². The number of aliphatic hydroxyl groups excluding tert-OH is 1. The zero-order chi connectivity index (χ0) is 15.1. The van der Waals surface area contributed by atoms with Gasteiger partial charge in [0.1, 0.15) is 18.5 Å². The number of halogens is 1. The molecule has 0 saturated carbocycles. The molecule has 0 spiro atoms. The van der Waals surface area contributed by atoms with Gasteiger partial charge in [-0.15, -0.1) is 0 Å². The van der Waals surface area contributed by atoms with Crippen molar-refractivity contribution in [2.24, 2.45) is 0 Å². The van der Waals surface area contributed by atoms with Crippen LogP contribution in [-0.4, -0.2) is 29.3 Å². The van der Waals surface area contributed by atoms with Crippen molar-refractivity contribution < 1.29 is 9.84 Å². The second-order valence-electron chi connectivity index (χ2n) is 4.81. The van der Waals surface area contributed by atoms with E-state index in [4.69, 9.17) is 16.3 Å². The Bertz CT molecular complexity index is 551. The quantitative estimate of drug-likeness (QED) is 0.826. The summed E-state index contributed by atoms with van der Waals surface area (Å²) in [5.74, 6) is 0.582. The Labute approximate surface area is 129 Å². The minimum absolute atomic E-state index is 0.119. The summed E-state index contributed by atoms with van der Waals surface area (Å²) in [4.78, 5) is 4.08. The van der Waals surface area contributed by atoms with Gasteiger partial charge in [0.15, 0.2) is 0 Å². The largest absolute Gasteiger partial charge is 0.489 e. The smallest absolute Gasteiger partial charge is 0.138 e. The van der Waals surface area contributed by atoms with Gasteiger partial charge in [-0.05, 0) is 30.7 Å². The topological polar surface area (TPSA) is 54.4 Å². The molecular weight excluding hydrogens is 288 g/mol. The number of benzene rings is 1. The number of aromatic nitrogens is 1. The Hall–Kier alpha value is -1.62. The first kappa shape index (κ1) is 15.8. The average molecular weight is 307 g/mol. The number of hydrogen-bond acceptors (Lipinski definition) is 4. The highest BCUT2D eigenvalue weighted by Gasteiger charge is 2.10. The SMILES string of the molecule is C[C@@H](NCC(O)COc1ccccc1Cl)c1cccnc1. The van der Waals surface area contributed by atoms with Gasteiger partial charge in [0, 0.05) is 25.0 Å². The van der Waals surface area contributed by atoms with Gasteiger partial charge in [0.2, 0.25) is 0 Å². The van der Waals surface area contributed by atoms with Gasteiger partial charge in [-0.25, -0.2) is 0 Å². The molecule has 1 aromatic heterocycles. The van der Waals surface area contributed by atoms with Crippen LogP contribution in [0.5, 0.6) is 5.75 Å². The van der Waals surface area contributed by atoms with Crippen molar-refractivity contribution in [2.45, 2.75) is 19.1 Å². The monoisotopic (exact) mass is 306 g/mol. The molecule has 1 aromatic carbocycles. The van der Waals surface area contributed by atoms with Crippen LogP contribution in [0.15, 0.2) is 48.8 Å². The standard InChI is InChI=1S/C16H19ClN2O2/c1-12(13-5-4-8-18-9-13)19-10-14(20)11-21-16-7-3-2-6-15(16)17/h2-9,12,14,19-20H,10-11H2,1H3/t12-,14?/m1/s1. The van der Waals surface area contributed by atoms with Crippen molar-refractivity contribution in [1.29, 1.82) is 0 Å². The van der Waals surface area contributed by atoms with Crippen molar-refractivity contribution in [2.75, 3.05) is 13.2 Å². The predicted octanol–water partition coefficient (Wildman–Crippen LogP) is 2.83. The van der Waals surface area contributed by atoms with Crippen molar-refractivity contribution in [3.63, 3.8) is 0 Å². The molecule has 2 atom stereocenters. The van der Waals surface area contributed by atoms with Crippen LogP contribution in [0.2, 0.25) is 5.02 Å². The maximum atomic E-state index is 9.95. The molecule has 5 heteroatoms. The van der Waals surface area contributed by atoms with Crippen molar-refractivity contribution >= 4 is 11.6 Å². The molecule has 2 aromatic rings. The number of rotatable bonds is 7. The second kappa shape index (κ2) is 7.98. The Balaban J connectivity index is 1.75. The van der Waals surface area contributed by atoms with Crippen molar-refractivity contribution in [1.82, 2.24) is 10.3 Å². The summed E-state index contributed by atoms with van der Waals surface area (Å²) < 4.78 is 5.50. The van der Waals surface area contributed by atoms with Gasteiger partial charge in [-0.1, -0.05) is 29.8 Å². The van der Waals surface area contributed by atoms with Crippen LogP contribution in [0.4, 0.5) is 0 Å². The normalized spacial score (nSPS) is 13.7. The third-order valence-corrected chi connectivity index (χ3v) is 3.42. The van der Waals surface area contributed by atoms with E-state index in [0.717, 1.165) is 5.56 Å². The Kier molecular flexibility index (Phi) is 5.99. The molecule has 0 saturated heterocycles. The molecule has 0 aliphatic rings. The number of pyridine rings is 1. The lowest BCUT2D eigenvalue weighted by atomic mass is 10.1. The second-order valence-corrected chi connectivity index (χ2v) is 5.22. The minimum Gasteiger partial charge on any atom is -0.489 e. The van der Waals surface area contributed by atoms with E-state index in [1.165, 1.54) is 0 Å². The average Bonchev–Trinajstić information content (AvgIpc) is 2.52. The summed E-state index contributed by atoms with van der Waals surface area (Å²) >= 11 is 5.99. The molecule has 21 heavy (non-hydrogen) atoms. The van der Waals surface area contributed by atoms with Gasteiger partial charge >= 0.3 is 0 Å². The van der Waals surface area contributed by atoms with E-state index in [2.05, 4.69) is 10.3 Å². The molecule has 0 radical (unpaired) electrons. The molecule has 0 amide bonds. The van der Waals surface area contributed by atoms with E-state index in [0.29, 0.717) is 17.3 Å². The summed E-state index contributed by atoms with van der Waals surface area (Å²) in [5, 5.41) is 13.7. The van der Waals surface area contributed by atoms with Crippen molar-refractivity contribution in [3.05, 3.63) is 59.4 Å². The van der Waals surface area contributed by atoms with Crippen molar-refractivity contribution in [3.8, 4) is 5.75 Å². The highest BCUT2D eigenvalue weighted by molar-refractivity contribution is 6.32. The number of aliphatic hydroxyl groups is 1. The summed E-state index contributed by atoms with van der Waals surface area (Å²) in [7, 11) is 0. The summed E-state index contributed by atoms with van der Waals surface area (Å²) in [6.45, 7) is 2.65. The fourth-order valence-corrected chi connectivity index (χ4v) is 2.06. The Morgan fingerprint density at radius 1 is 1.29 bits per heavy atom. The molecule has 4 nitrogen and oxygen atoms in total. The van der Waals surface area contributed by atoms with Crippen LogP contribution in [0.25, 0.3) is 0 Å². The van der Waals surface area contributed by atoms with Gasteiger partial charge in [-0.3, -0.25) is 4.98 Å². The predicted molar refractivity (Wildman–Crippen MR) is 83.6 cm³/mol. The molecule has 1 heterocycles. The molecule has 0 aliphatic heterocycles. The number of hydrogen-bond donors (Lipinski definition) is 2. The van der Waals surface area contributed by atoms with E-state index in [-0.39, 0.29) is 12.6 Å². The van der Waals surface area contributed by atoms with Gasteiger partial charge < -0.3 is 15.2 Å². The number of ether oxygens (including phenoxy) is 1. The third kappa shape index (κ3) is 5.01. The first-order valence-electron chi connectivity index (χ1n) is 6.85. The highest BCUT2D eigenvalue weighted by Crippen LogP contribution is 2.23. The van der Waals surface area contributed by atoms with Crippen LogP contribution in [0.1, 0.15) is 18.5 Å². The molecular formula is C16H19ClN2O2. The van der Waals surface area contributed by atoms with E-state index >= 15 is 0 Å². The van der Waals surface area contributed by atoms with E-state index in [1.807, 2.05) is 37.4 Å². The zero-order valence-corrected chi connectivity index (χ0v) is 12.6. The summed E-state index contributed by atoms with van der Waals surface area (Å²) in [6, 6.07) is 11.2. The number of nitrogens with zero attached hydrogens (tertiary/aromatic N) is 1. The summed E-state index contributed by atoms with van der Waals surface area (Å²) in [6.07, 6.45) is 2.94. The van der Waals surface area contributed by atoms with Crippen LogP contribution >= 0.6 is 11.6 Å². The summed E-state index contributed by atoms with van der Waals surface area (Å²) in [5.41, 5.74) is 1.08. The Morgan fingerprint density at radius 3 is 2.81 bits per heavy atom. The maximum absolute atomic E-state index is 9.95. The third-order valence-electron chi connectivity index (χ3n) is 3.11. The molecule has 0 bridgehead atoms. The van der Waals surface area contributed by atoms with Crippen LogP contribution < -0.4 is 10.1 Å². The first-order chi connectivity index (χ1) is 10.2. The molecule has 112 valence electrons. The lowest BCUT2D eigenvalue weighted by Gasteiger charge is -2.18. The molecule has 2 rings (SSSR count). The van der Waals surface area contributed by atoms with E-state index in [9.17, 15) is 5.11 Å². The van der Waals surface area contributed by atoms with Crippen LogP contribution in [-0.2, 0) is 0 Å². The Morgan fingerprint density at radius 2 is 2.10 bits per heavy atom. The fraction of sp³-hybridized carbons (Fsp3) is 0.312.